The third-order valence-corrected chi connectivity index (χ3v) is 2.46. The monoisotopic (exact) mass is 181 g/mol. The predicted octanol–water partition coefficient (Wildman–Crippen LogP) is 1.90. The van der Waals surface area contributed by atoms with Gasteiger partial charge in [-0.1, -0.05) is 24.5 Å². The van der Waals surface area contributed by atoms with Crippen molar-refractivity contribution in [2.45, 2.75) is 20.3 Å². The molecule has 2 rings (SSSR count). The number of aromatic nitrogens is 1. The van der Waals surface area contributed by atoms with Gasteiger partial charge in [-0.25, -0.2) is 0 Å². The summed E-state index contributed by atoms with van der Waals surface area (Å²) in [5, 5.41) is 1.19. The molecule has 1 nitrogen and oxygen atoms in total. The van der Waals surface area contributed by atoms with Gasteiger partial charge in [-0.15, -0.1) is 0 Å². The van der Waals surface area contributed by atoms with E-state index in [1.54, 1.807) is 0 Å². The molecule has 68 valence electrons. The molecule has 0 fully saturated rings. The van der Waals surface area contributed by atoms with Crippen LogP contribution in [0, 0.1) is 6.92 Å². The van der Waals surface area contributed by atoms with E-state index in [-0.39, 0.29) is 0 Å². The highest BCUT2D eigenvalue weighted by atomic mass is 14.7. The highest BCUT2D eigenvalue weighted by Crippen LogP contribution is 2.15. The third kappa shape index (κ3) is 1.52. The standard InChI is InChI=1S/C12H12BN/c1-3-10-4-5-11-8(2)6-9(13)7-12(11)14-10/h4-7H,3H2,1-2H3. The van der Waals surface area contributed by atoms with E-state index in [1.807, 2.05) is 12.1 Å². The Bertz CT molecular complexity index is 477. The van der Waals surface area contributed by atoms with Crippen LogP contribution in [0.4, 0.5) is 0 Å². The number of hydrogen-bond acceptors (Lipinski definition) is 1. The van der Waals surface area contributed by atoms with Crippen molar-refractivity contribution in [1.29, 1.82) is 0 Å². The fourth-order valence-electron chi connectivity index (χ4n) is 1.68. The molecule has 0 aliphatic carbocycles. The van der Waals surface area contributed by atoms with Crippen molar-refractivity contribution in [2.24, 2.45) is 0 Å². The lowest BCUT2D eigenvalue weighted by Crippen LogP contribution is -2.03. The van der Waals surface area contributed by atoms with Crippen LogP contribution in [-0.2, 0) is 6.42 Å². The minimum atomic E-state index is 0.788. The summed E-state index contributed by atoms with van der Waals surface area (Å²) in [7, 11) is 5.78. The van der Waals surface area contributed by atoms with Crippen molar-refractivity contribution in [2.75, 3.05) is 0 Å². The molecule has 0 atom stereocenters. The van der Waals surface area contributed by atoms with Crippen LogP contribution in [0.5, 0.6) is 0 Å². The van der Waals surface area contributed by atoms with Gasteiger partial charge in [0, 0.05) is 11.1 Å². The normalized spacial score (nSPS) is 10.7. The lowest BCUT2D eigenvalue weighted by molar-refractivity contribution is 1.06. The number of fused-ring (bicyclic) bond motifs is 1. The smallest absolute Gasteiger partial charge is 0.113 e. The summed E-state index contributed by atoms with van der Waals surface area (Å²) in [4.78, 5) is 4.54. The maximum Gasteiger partial charge on any atom is 0.113 e. The van der Waals surface area contributed by atoms with Crippen LogP contribution in [0.25, 0.3) is 10.9 Å². The quantitative estimate of drug-likeness (QED) is 0.612. The van der Waals surface area contributed by atoms with E-state index in [4.69, 9.17) is 7.85 Å². The summed E-state index contributed by atoms with van der Waals surface area (Å²) in [5.41, 5.74) is 4.09. The van der Waals surface area contributed by atoms with Crippen LogP contribution in [0.1, 0.15) is 18.2 Å². The Balaban J connectivity index is 2.75. The number of hydrogen-bond donors (Lipinski definition) is 0. The van der Waals surface area contributed by atoms with E-state index in [9.17, 15) is 0 Å². The number of rotatable bonds is 1. The zero-order valence-electron chi connectivity index (χ0n) is 8.54. The minimum Gasteiger partial charge on any atom is -0.253 e. The molecule has 0 aliphatic rings. The van der Waals surface area contributed by atoms with Gasteiger partial charge in [-0.2, -0.15) is 0 Å². The van der Waals surface area contributed by atoms with E-state index < -0.39 is 0 Å². The molecule has 0 saturated carbocycles. The number of pyridine rings is 1. The first-order valence-corrected chi connectivity index (χ1v) is 4.86. The van der Waals surface area contributed by atoms with Gasteiger partial charge in [0.2, 0.25) is 0 Å². The molecule has 0 bridgehead atoms. The Kier molecular flexibility index (Phi) is 2.28. The first kappa shape index (κ1) is 9.26. The fraction of sp³-hybridized carbons (Fsp3) is 0.250. The van der Waals surface area contributed by atoms with Crippen LogP contribution in [0.3, 0.4) is 0 Å². The van der Waals surface area contributed by atoms with Gasteiger partial charge >= 0.3 is 0 Å². The Labute approximate surface area is 85.6 Å². The number of nitrogens with zero attached hydrogens (tertiary/aromatic N) is 1. The predicted molar refractivity (Wildman–Crippen MR) is 61.2 cm³/mol. The summed E-state index contributed by atoms with van der Waals surface area (Å²) >= 11 is 0. The molecule has 2 radical (unpaired) electrons. The Morgan fingerprint density at radius 2 is 2.07 bits per heavy atom. The fourth-order valence-corrected chi connectivity index (χ4v) is 1.68. The molecule has 1 aromatic carbocycles. The topological polar surface area (TPSA) is 12.9 Å². The Morgan fingerprint density at radius 3 is 2.79 bits per heavy atom. The van der Waals surface area contributed by atoms with E-state index in [0.29, 0.717) is 0 Å². The molecule has 2 heteroatoms. The summed E-state index contributed by atoms with van der Waals surface area (Å²) in [6.45, 7) is 4.17. The molecule has 0 aliphatic heterocycles. The summed E-state index contributed by atoms with van der Waals surface area (Å²) in [5.74, 6) is 0. The summed E-state index contributed by atoms with van der Waals surface area (Å²) in [6.07, 6.45) is 0.962. The third-order valence-electron chi connectivity index (χ3n) is 2.46. The van der Waals surface area contributed by atoms with Crippen LogP contribution in [-0.4, -0.2) is 12.8 Å². The molecule has 14 heavy (non-hydrogen) atoms. The lowest BCUT2D eigenvalue weighted by atomic mass is 9.92. The SMILES string of the molecule is [B]c1cc(C)c2ccc(CC)nc2c1. The summed E-state index contributed by atoms with van der Waals surface area (Å²) < 4.78 is 0. The average molecular weight is 181 g/mol. The molecule has 0 N–H and O–H groups in total. The number of aryl methyl sites for hydroxylation is 2. The number of benzene rings is 1. The van der Waals surface area contributed by atoms with Gasteiger partial charge in [0.25, 0.3) is 0 Å². The zero-order valence-corrected chi connectivity index (χ0v) is 8.54. The largest absolute Gasteiger partial charge is 0.253 e. The molecule has 0 spiro atoms. The van der Waals surface area contributed by atoms with Gasteiger partial charge in [-0.05, 0) is 31.0 Å². The van der Waals surface area contributed by atoms with Gasteiger partial charge in [0.05, 0.1) is 5.52 Å². The van der Waals surface area contributed by atoms with Crippen molar-refractivity contribution in [1.82, 2.24) is 4.98 Å². The second kappa shape index (κ2) is 3.45. The molecule has 0 saturated heterocycles. The van der Waals surface area contributed by atoms with E-state index >= 15 is 0 Å². The van der Waals surface area contributed by atoms with E-state index in [2.05, 4.69) is 31.0 Å². The highest BCUT2D eigenvalue weighted by molar-refractivity contribution is 6.33. The first-order valence-electron chi connectivity index (χ1n) is 4.86. The van der Waals surface area contributed by atoms with Gasteiger partial charge in [-0.3, -0.25) is 4.98 Å². The molecule has 2 aromatic rings. The van der Waals surface area contributed by atoms with E-state index in [0.717, 1.165) is 23.1 Å². The van der Waals surface area contributed by atoms with Gasteiger partial charge < -0.3 is 0 Å². The van der Waals surface area contributed by atoms with Crippen molar-refractivity contribution < 1.29 is 0 Å². The van der Waals surface area contributed by atoms with Crippen molar-refractivity contribution in [3.63, 3.8) is 0 Å². The maximum atomic E-state index is 5.78. The molecule has 1 aromatic heterocycles. The van der Waals surface area contributed by atoms with Gasteiger partial charge in [0.15, 0.2) is 0 Å². The summed E-state index contributed by atoms with van der Waals surface area (Å²) in [6, 6.07) is 8.11. The van der Waals surface area contributed by atoms with Crippen LogP contribution >= 0.6 is 0 Å². The molecular formula is C12H12BN. The lowest BCUT2D eigenvalue weighted by Gasteiger charge is -2.05. The molecule has 1 heterocycles. The Hall–Kier alpha value is -1.31. The van der Waals surface area contributed by atoms with Crippen molar-refractivity contribution >= 4 is 24.2 Å². The zero-order chi connectivity index (χ0) is 10.1. The molecule has 0 unspecified atom stereocenters. The van der Waals surface area contributed by atoms with Gasteiger partial charge in [0.1, 0.15) is 7.85 Å². The maximum absolute atomic E-state index is 5.78. The first-order chi connectivity index (χ1) is 6.70. The van der Waals surface area contributed by atoms with Crippen LogP contribution < -0.4 is 5.46 Å². The second-order valence-corrected chi connectivity index (χ2v) is 3.56. The second-order valence-electron chi connectivity index (χ2n) is 3.56. The highest BCUT2D eigenvalue weighted by Gasteiger charge is 2.00. The van der Waals surface area contributed by atoms with Crippen LogP contribution in [0.2, 0.25) is 0 Å². The van der Waals surface area contributed by atoms with E-state index in [1.165, 1.54) is 10.9 Å². The van der Waals surface area contributed by atoms with Crippen LogP contribution in [0.15, 0.2) is 24.3 Å². The Morgan fingerprint density at radius 1 is 1.29 bits per heavy atom. The van der Waals surface area contributed by atoms with Crippen molar-refractivity contribution in [3.05, 3.63) is 35.5 Å². The molecule has 0 amide bonds. The van der Waals surface area contributed by atoms with Crippen molar-refractivity contribution in [3.8, 4) is 0 Å². The molecular weight excluding hydrogens is 169 g/mol. The minimum absolute atomic E-state index is 0.788. The average Bonchev–Trinajstić information content (AvgIpc) is 2.16.